The highest BCUT2D eigenvalue weighted by molar-refractivity contribution is 7.12. The predicted octanol–water partition coefficient (Wildman–Crippen LogP) is 5.80. The molecular formula is C23H17Cl2NO5S. The van der Waals surface area contributed by atoms with Gasteiger partial charge in [0.1, 0.15) is 16.2 Å². The van der Waals surface area contributed by atoms with E-state index in [0.29, 0.717) is 16.3 Å². The lowest BCUT2D eigenvalue weighted by molar-refractivity contribution is -0.117. The lowest BCUT2D eigenvalue weighted by Crippen LogP contribution is -2.42. The molecule has 2 aromatic carbocycles. The molecule has 0 fully saturated rings. The molecule has 0 bridgehead atoms. The van der Waals surface area contributed by atoms with E-state index in [9.17, 15) is 19.5 Å². The highest BCUT2D eigenvalue weighted by atomic mass is 35.5. The standard InChI is InChI=1S/C23H17Cl2NO5S/c1-23(2,14-5-3-4-6-15(14)24)31-13-7-8-16(25)17(10-13)26-18(27)9-12-11-32-20(22(29)30)19(12)21(26)28/h3-8,10-11H,9H2,1-2H3,(H,29,30). The quantitative estimate of drug-likeness (QED) is 0.458. The summed E-state index contributed by atoms with van der Waals surface area (Å²) in [4.78, 5) is 38.3. The van der Waals surface area contributed by atoms with Crippen LogP contribution in [0.2, 0.25) is 10.0 Å². The van der Waals surface area contributed by atoms with E-state index >= 15 is 0 Å². The Kier molecular flexibility index (Phi) is 5.75. The lowest BCUT2D eigenvalue weighted by atomic mass is 9.98. The summed E-state index contributed by atoms with van der Waals surface area (Å²) < 4.78 is 6.16. The Hall–Kier alpha value is -2.87. The van der Waals surface area contributed by atoms with E-state index in [2.05, 4.69) is 0 Å². The molecule has 3 aromatic rings. The van der Waals surface area contributed by atoms with Crippen molar-refractivity contribution in [2.24, 2.45) is 0 Å². The molecule has 9 heteroatoms. The van der Waals surface area contributed by atoms with Gasteiger partial charge in [-0.3, -0.25) is 9.59 Å². The molecule has 6 nitrogen and oxygen atoms in total. The highest BCUT2D eigenvalue weighted by Gasteiger charge is 2.38. The van der Waals surface area contributed by atoms with Gasteiger partial charge in [0.2, 0.25) is 5.91 Å². The molecule has 1 aliphatic rings. The van der Waals surface area contributed by atoms with Crippen molar-refractivity contribution in [2.75, 3.05) is 4.90 Å². The van der Waals surface area contributed by atoms with Gasteiger partial charge >= 0.3 is 5.97 Å². The molecule has 164 valence electrons. The van der Waals surface area contributed by atoms with Gasteiger partial charge in [-0.05, 0) is 43.0 Å². The van der Waals surface area contributed by atoms with E-state index in [1.54, 1.807) is 12.1 Å². The van der Waals surface area contributed by atoms with Gasteiger partial charge in [-0.1, -0.05) is 41.4 Å². The van der Waals surface area contributed by atoms with Crippen LogP contribution in [0.3, 0.4) is 0 Å². The highest BCUT2D eigenvalue weighted by Crippen LogP contribution is 2.39. The third-order valence-corrected chi connectivity index (χ3v) is 6.79. The number of thiophene rings is 1. The normalized spacial score (nSPS) is 13.8. The van der Waals surface area contributed by atoms with Crippen LogP contribution in [-0.4, -0.2) is 22.9 Å². The van der Waals surface area contributed by atoms with Crippen LogP contribution in [-0.2, 0) is 16.8 Å². The van der Waals surface area contributed by atoms with Crippen molar-refractivity contribution in [2.45, 2.75) is 25.9 Å². The van der Waals surface area contributed by atoms with Crippen molar-refractivity contribution in [3.63, 3.8) is 0 Å². The molecule has 0 radical (unpaired) electrons. The number of fused-ring (bicyclic) bond motifs is 1. The van der Waals surface area contributed by atoms with Crippen LogP contribution in [0.5, 0.6) is 5.75 Å². The van der Waals surface area contributed by atoms with Gasteiger partial charge in [0, 0.05) is 16.7 Å². The van der Waals surface area contributed by atoms with Gasteiger partial charge in [0.05, 0.1) is 22.7 Å². The fourth-order valence-corrected chi connectivity index (χ4v) is 5.12. The zero-order chi connectivity index (χ0) is 23.2. The van der Waals surface area contributed by atoms with Crippen LogP contribution in [0.1, 0.15) is 45.0 Å². The summed E-state index contributed by atoms with van der Waals surface area (Å²) in [5.74, 6) is -2.07. The van der Waals surface area contributed by atoms with Crippen LogP contribution < -0.4 is 9.64 Å². The number of nitrogens with zero attached hydrogens (tertiary/aromatic N) is 1. The Bertz CT molecular complexity index is 1270. The molecule has 1 N–H and O–H groups in total. The summed E-state index contributed by atoms with van der Waals surface area (Å²) in [5, 5.41) is 11.7. The Morgan fingerprint density at radius 1 is 1.12 bits per heavy atom. The molecule has 32 heavy (non-hydrogen) atoms. The number of amides is 2. The molecule has 0 unspecified atom stereocenters. The summed E-state index contributed by atoms with van der Waals surface area (Å²) in [7, 11) is 0. The minimum absolute atomic E-state index is 0.0147. The average molecular weight is 490 g/mol. The monoisotopic (exact) mass is 489 g/mol. The second kappa shape index (κ2) is 8.24. The molecule has 2 heterocycles. The van der Waals surface area contributed by atoms with E-state index < -0.39 is 23.4 Å². The molecule has 2 amide bonds. The molecule has 0 saturated heterocycles. The van der Waals surface area contributed by atoms with Crippen molar-refractivity contribution in [1.82, 2.24) is 0 Å². The van der Waals surface area contributed by atoms with Gasteiger partial charge in [-0.15, -0.1) is 11.3 Å². The third kappa shape index (κ3) is 3.88. The minimum Gasteiger partial charge on any atom is -0.483 e. The van der Waals surface area contributed by atoms with E-state index in [4.69, 9.17) is 27.9 Å². The first-order valence-electron chi connectivity index (χ1n) is 9.54. The molecule has 0 aliphatic carbocycles. The summed E-state index contributed by atoms with van der Waals surface area (Å²) in [6.07, 6.45) is -0.0998. The molecule has 0 atom stereocenters. The summed E-state index contributed by atoms with van der Waals surface area (Å²) in [6.45, 7) is 3.69. The third-order valence-electron chi connectivity index (χ3n) is 5.12. The van der Waals surface area contributed by atoms with Crippen molar-refractivity contribution in [3.05, 3.63) is 79.5 Å². The fraction of sp³-hybridized carbons (Fsp3) is 0.174. The van der Waals surface area contributed by atoms with Gasteiger partial charge in [-0.25, -0.2) is 9.69 Å². The average Bonchev–Trinajstić information content (AvgIpc) is 3.14. The smallest absolute Gasteiger partial charge is 0.346 e. The number of carbonyl (C=O) groups is 3. The maximum Gasteiger partial charge on any atom is 0.346 e. The Labute approximate surface area is 197 Å². The number of rotatable bonds is 5. The number of hydrogen-bond acceptors (Lipinski definition) is 5. The Balaban J connectivity index is 1.72. The first-order valence-corrected chi connectivity index (χ1v) is 11.2. The van der Waals surface area contributed by atoms with Crippen molar-refractivity contribution < 1.29 is 24.2 Å². The topological polar surface area (TPSA) is 83.9 Å². The van der Waals surface area contributed by atoms with Crippen LogP contribution in [0.15, 0.2) is 47.8 Å². The molecule has 0 spiro atoms. The Morgan fingerprint density at radius 3 is 2.53 bits per heavy atom. The van der Waals surface area contributed by atoms with Crippen molar-refractivity contribution >= 4 is 58.0 Å². The van der Waals surface area contributed by atoms with E-state index in [0.717, 1.165) is 21.8 Å². The number of carboxylic acid groups (broad SMARTS) is 1. The molecule has 4 rings (SSSR count). The number of hydrogen-bond donors (Lipinski definition) is 1. The zero-order valence-electron chi connectivity index (χ0n) is 17.0. The number of carbonyl (C=O) groups excluding carboxylic acids is 2. The first-order chi connectivity index (χ1) is 15.1. The molecular weight excluding hydrogens is 473 g/mol. The van der Waals surface area contributed by atoms with Crippen LogP contribution in [0.25, 0.3) is 0 Å². The van der Waals surface area contributed by atoms with Crippen molar-refractivity contribution in [1.29, 1.82) is 0 Å². The predicted molar refractivity (Wildman–Crippen MR) is 123 cm³/mol. The van der Waals surface area contributed by atoms with Gasteiger partial charge in [0.25, 0.3) is 5.91 Å². The number of carboxylic acids is 1. The van der Waals surface area contributed by atoms with Gasteiger partial charge in [-0.2, -0.15) is 0 Å². The van der Waals surface area contributed by atoms with E-state index in [1.165, 1.54) is 17.5 Å². The number of aromatic carboxylic acids is 1. The van der Waals surface area contributed by atoms with E-state index in [-0.39, 0.29) is 27.6 Å². The minimum atomic E-state index is -1.22. The SMILES string of the molecule is CC(C)(Oc1ccc(Cl)c(N2C(=O)Cc3csc(C(=O)O)c3C2=O)c1)c1ccccc1Cl. The number of halogens is 2. The number of anilines is 1. The number of ether oxygens (including phenoxy) is 1. The second-order valence-corrected chi connectivity index (χ2v) is 9.38. The lowest BCUT2D eigenvalue weighted by Gasteiger charge is -2.30. The number of benzene rings is 2. The molecule has 1 aliphatic heterocycles. The zero-order valence-corrected chi connectivity index (χ0v) is 19.3. The van der Waals surface area contributed by atoms with E-state index in [1.807, 2.05) is 32.0 Å². The molecule has 0 saturated carbocycles. The largest absolute Gasteiger partial charge is 0.483 e. The Morgan fingerprint density at radius 2 is 1.84 bits per heavy atom. The summed E-state index contributed by atoms with van der Waals surface area (Å²) in [5.41, 5.74) is 0.485. The fourth-order valence-electron chi connectivity index (χ4n) is 3.65. The molecule has 1 aromatic heterocycles. The van der Waals surface area contributed by atoms with Gasteiger partial charge < -0.3 is 9.84 Å². The maximum absolute atomic E-state index is 13.2. The second-order valence-electron chi connectivity index (χ2n) is 7.69. The maximum atomic E-state index is 13.2. The van der Waals surface area contributed by atoms with Crippen LogP contribution in [0, 0.1) is 0 Å². The van der Waals surface area contributed by atoms with Crippen LogP contribution >= 0.6 is 34.5 Å². The van der Waals surface area contributed by atoms with Gasteiger partial charge in [0.15, 0.2) is 0 Å². The summed E-state index contributed by atoms with van der Waals surface area (Å²) >= 11 is 13.6. The van der Waals surface area contributed by atoms with Crippen molar-refractivity contribution in [3.8, 4) is 5.75 Å². The summed E-state index contributed by atoms with van der Waals surface area (Å²) in [6, 6.07) is 11.9. The number of imide groups is 1. The van der Waals surface area contributed by atoms with Crippen LogP contribution in [0.4, 0.5) is 5.69 Å². The first kappa shape index (κ1) is 22.3.